The van der Waals surface area contributed by atoms with Crippen LogP contribution < -0.4 is 0 Å². The van der Waals surface area contributed by atoms with Gasteiger partial charge in [0.05, 0.1) is 12.0 Å². The van der Waals surface area contributed by atoms with Crippen LogP contribution in [0.2, 0.25) is 0 Å². The average Bonchev–Trinajstić information content (AvgIpc) is 2.61. The van der Waals surface area contributed by atoms with Crippen LogP contribution in [0.25, 0.3) is 5.57 Å². The number of nitrogens with zero attached hydrogens (tertiary/aromatic N) is 1. The Morgan fingerprint density at radius 3 is 2.40 bits per heavy atom. The largest absolute Gasteiger partial charge is 0.468 e. The summed E-state index contributed by atoms with van der Waals surface area (Å²) in [5.74, 6) is -1.35. The Labute approximate surface area is 146 Å². The number of benzene rings is 1. The highest BCUT2D eigenvalue weighted by molar-refractivity contribution is 7.93. The SMILES string of the molecule is CCS(=O)(=O)C1(C(=O)OC)CC(c2ccccc2)=CC([N+](=O)[O-])=C1C. The molecule has 7 nitrogen and oxygen atoms in total. The van der Waals surface area contributed by atoms with Gasteiger partial charge in [0.15, 0.2) is 9.84 Å². The molecule has 134 valence electrons. The van der Waals surface area contributed by atoms with E-state index >= 15 is 0 Å². The Bertz CT molecular complexity index is 870. The van der Waals surface area contributed by atoms with Crippen molar-refractivity contribution in [1.29, 1.82) is 0 Å². The molecule has 8 heteroatoms. The van der Waals surface area contributed by atoms with E-state index in [9.17, 15) is 23.3 Å². The fraction of sp³-hybridized carbons (Fsp3) is 0.353. The average molecular weight is 365 g/mol. The van der Waals surface area contributed by atoms with E-state index in [0.29, 0.717) is 11.1 Å². The molecule has 1 unspecified atom stereocenters. The maximum Gasteiger partial charge on any atom is 0.332 e. The van der Waals surface area contributed by atoms with Crippen molar-refractivity contribution in [3.05, 3.63) is 63.4 Å². The molecule has 1 aliphatic rings. The summed E-state index contributed by atoms with van der Waals surface area (Å²) in [6.45, 7) is 2.71. The van der Waals surface area contributed by atoms with E-state index in [1.165, 1.54) is 19.9 Å². The fourth-order valence-electron chi connectivity index (χ4n) is 3.07. The maximum atomic E-state index is 12.8. The number of hydrogen-bond donors (Lipinski definition) is 0. The fourth-order valence-corrected chi connectivity index (χ4v) is 4.84. The zero-order chi connectivity index (χ0) is 18.8. The first-order valence-electron chi connectivity index (χ1n) is 7.63. The normalized spacial score (nSPS) is 20.8. The number of nitro groups is 1. The van der Waals surface area contributed by atoms with E-state index < -0.39 is 31.2 Å². The van der Waals surface area contributed by atoms with Gasteiger partial charge in [0.25, 0.3) is 5.70 Å². The quantitative estimate of drug-likeness (QED) is 0.451. The number of allylic oxidation sites excluding steroid dienone is 2. The second-order valence-electron chi connectivity index (χ2n) is 5.70. The van der Waals surface area contributed by atoms with Crippen LogP contribution in [0.15, 0.2) is 47.7 Å². The predicted molar refractivity (Wildman–Crippen MR) is 92.9 cm³/mol. The summed E-state index contributed by atoms with van der Waals surface area (Å²) in [7, 11) is -2.95. The van der Waals surface area contributed by atoms with E-state index in [4.69, 9.17) is 4.74 Å². The highest BCUT2D eigenvalue weighted by Gasteiger charge is 2.57. The summed E-state index contributed by atoms with van der Waals surface area (Å²) in [5.41, 5.74) is 0.507. The molecule has 2 rings (SSSR count). The standard InChI is InChI=1S/C17H19NO6S/c1-4-25(22,23)17(16(19)24-3)11-14(13-8-6-5-7-9-13)10-15(12(17)2)18(20)21/h5-10H,4,11H2,1-3H3. The van der Waals surface area contributed by atoms with Crippen molar-refractivity contribution < 1.29 is 22.9 Å². The molecule has 0 fully saturated rings. The molecule has 0 radical (unpaired) electrons. The molecule has 0 bridgehead atoms. The van der Waals surface area contributed by atoms with Crippen LogP contribution in [0.4, 0.5) is 0 Å². The molecule has 0 N–H and O–H groups in total. The molecule has 0 aromatic heterocycles. The van der Waals surface area contributed by atoms with Crippen LogP contribution in [-0.4, -0.2) is 36.9 Å². The molecule has 0 amide bonds. The van der Waals surface area contributed by atoms with Crippen molar-refractivity contribution in [2.24, 2.45) is 0 Å². The van der Waals surface area contributed by atoms with E-state index in [2.05, 4.69) is 0 Å². The third-order valence-electron chi connectivity index (χ3n) is 4.51. The zero-order valence-electron chi connectivity index (χ0n) is 14.2. The molecular weight excluding hydrogens is 346 g/mol. The first-order chi connectivity index (χ1) is 11.7. The highest BCUT2D eigenvalue weighted by Crippen LogP contribution is 2.44. The second-order valence-corrected chi connectivity index (χ2v) is 8.21. The molecule has 1 aromatic carbocycles. The van der Waals surface area contributed by atoms with Gasteiger partial charge < -0.3 is 4.74 Å². The van der Waals surface area contributed by atoms with Crippen molar-refractivity contribution in [1.82, 2.24) is 0 Å². The minimum absolute atomic E-state index is 0.120. The topological polar surface area (TPSA) is 104 Å². The van der Waals surface area contributed by atoms with Gasteiger partial charge in [-0.2, -0.15) is 0 Å². The van der Waals surface area contributed by atoms with Gasteiger partial charge in [0.2, 0.25) is 4.75 Å². The summed E-state index contributed by atoms with van der Waals surface area (Å²) in [4.78, 5) is 23.4. The molecule has 0 aliphatic heterocycles. The third kappa shape index (κ3) is 2.97. The van der Waals surface area contributed by atoms with Gasteiger partial charge in [0.1, 0.15) is 0 Å². The molecule has 25 heavy (non-hydrogen) atoms. The number of esters is 1. The summed E-state index contributed by atoms with van der Waals surface area (Å²) in [6.07, 6.45) is 1.13. The number of hydrogen-bond acceptors (Lipinski definition) is 6. The first-order valence-corrected chi connectivity index (χ1v) is 9.29. The van der Waals surface area contributed by atoms with Gasteiger partial charge in [0, 0.05) is 23.8 Å². The highest BCUT2D eigenvalue weighted by atomic mass is 32.2. The predicted octanol–water partition coefficient (Wildman–Crippen LogP) is 2.37. The third-order valence-corrected chi connectivity index (χ3v) is 6.95. The van der Waals surface area contributed by atoms with Crippen LogP contribution in [0.1, 0.15) is 25.8 Å². The lowest BCUT2D eigenvalue weighted by molar-refractivity contribution is -0.420. The maximum absolute atomic E-state index is 12.8. The van der Waals surface area contributed by atoms with Crippen molar-refractivity contribution in [3.8, 4) is 0 Å². The molecule has 0 saturated heterocycles. The Morgan fingerprint density at radius 1 is 1.32 bits per heavy atom. The summed E-state index contributed by atoms with van der Waals surface area (Å²) >= 11 is 0. The number of carbonyl (C=O) groups is 1. The minimum atomic E-state index is -4.03. The van der Waals surface area contributed by atoms with Crippen LogP contribution in [0, 0.1) is 10.1 Å². The van der Waals surface area contributed by atoms with Gasteiger partial charge in [-0.05, 0) is 18.1 Å². The van der Waals surface area contributed by atoms with Crippen molar-refractivity contribution in [3.63, 3.8) is 0 Å². The molecule has 1 aromatic rings. The molecule has 0 spiro atoms. The van der Waals surface area contributed by atoms with Crippen molar-refractivity contribution in [2.45, 2.75) is 25.0 Å². The Kier molecular flexibility index (Phi) is 5.12. The molecule has 1 atom stereocenters. The summed E-state index contributed by atoms with van der Waals surface area (Å²) in [6, 6.07) is 8.68. The Balaban J connectivity index is 2.83. The van der Waals surface area contributed by atoms with Crippen LogP contribution >= 0.6 is 0 Å². The number of rotatable bonds is 5. The van der Waals surface area contributed by atoms with E-state index in [0.717, 1.165) is 7.11 Å². The lowest BCUT2D eigenvalue weighted by Gasteiger charge is -2.34. The smallest absolute Gasteiger partial charge is 0.332 e. The van der Waals surface area contributed by atoms with Crippen LogP contribution in [0.5, 0.6) is 0 Å². The molecular formula is C17H19NO6S. The first kappa shape index (κ1) is 18.9. The monoisotopic (exact) mass is 365 g/mol. The number of methoxy groups -OCH3 is 1. The van der Waals surface area contributed by atoms with E-state index in [1.807, 2.05) is 0 Å². The lowest BCUT2D eigenvalue weighted by Crippen LogP contribution is -2.51. The lowest BCUT2D eigenvalue weighted by atomic mass is 9.82. The van der Waals surface area contributed by atoms with Gasteiger partial charge >= 0.3 is 5.97 Å². The van der Waals surface area contributed by atoms with Crippen LogP contribution in [-0.2, 0) is 19.4 Å². The number of ether oxygens (including phenoxy) is 1. The van der Waals surface area contributed by atoms with Crippen molar-refractivity contribution >= 4 is 21.4 Å². The minimum Gasteiger partial charge on any atom is -0.468 e. The summed E-state index contributed by atoms with van der Waals surface area (Å²) < 4.78 is 28.4. The van der Waals surface area contributed by atoms with E-state index in [-0.39, 0.29) is 17.7 Å². The van der Waals surface area contributed by atoms with Crippen LogP contribution in [0.3, 0.4) is 0 Å². The Hall–Kier alpha value is -2.48. The summed E-state index contributed by atoms with van der Waals surface area (Å²) in [5, 5.41) is 11.5. The molecule has 0 saturated carbocycles. The van der Waals surface area contributed by atoms with Gasteiger partial charge in [-0.25, -0.2) is 13.2 Å². The number of carbonyl (C=O) groups excluding carboxylic acids is 1. The van der Waals surface area contributed by atoms with E-state index in [1.54, 1.807) is 30.3 Å². The second kappa shape index (κ2) is 6.79. The zero-order valence-corrected chi connectivity index (χ0v) is 15.0. The molecule has 1 aliphatic carbocycles. The van der Waals surface area contributed by atoms with Gasteiger partial charge in [-0.15, -0.1) is 0 Å². The Morgan fingerprint density at radius 2 is 1.92 bits per heavy atom. The van der Waals surface area contributed by atoms with Gasteiger partial charge in [-0.3, -0.25) is 10.1 Å². The van der Waals surface area contributed by atoms with Crippen molar-refractivity contribution in [2.75, 3.05) is 12.9 Å². The van der Waals surface area contributed by atoms with Gasteiger partial charge in [-0.1, -0.05) is 37.3 Å². The number of sulfone groups is 1. The molecule has 0 heterocycles.